The number of para-hydroxylation sites is 1. The SMILES string of the molecule is O=C(O)CCc1ccc(S(=O)(=O)N2CCCc3ccccc32)cc1. The average molecular weight is 345 g/mol. The molecule has 0 saturated heterocycles. The zero-order valence-electron chi connectivity index (χ0n) is 13.2. The number of carboxylic acids is 1. The van der Waals surface area contributed by atoms with Gasteiger partial charge in [-0.1, -0.05) is 30.3 Å². The van der Waals surface area contributed by atoms with E-state index in [0.717, 1.165) is 29.7 Å². The Labute approximate surface area is 141 Å². The molecule has 5 nitrogen and oxygen atoms in total. The molecule has 0 aromatic heterocycles. The van der Waals surface area contributed by atoms with Gasteiger partial charge in [0.25, 0.3) is 10.0 Å². The van der Waals surface area contributed by atoms with Gasteiger partial charge in [-0.2, -0.15) is 0 Å². The normalized spacial score (nSPS) is 14.2. The van der Waals surface area contributed by atoms with Crippen LogP contribution in [0.1, 0.15) is 24.0 Å². The van der Waals surface area contributed by atoms with Crippen LogP contribution in [-0.2, 0) is 27.7 Å². The number of carbonyl (C=O) groups is 1. The molecule has 0 saturated carbocycles. The number of anilines is 1. The number of aliphatic carboxylic acids is 1. The molecule has 0 bridgehead atoms. The summed E-state index contributed by atoms with van der Waals surface area (Å²) in [4.78, 5) is 10.9. The topological polar surface area (TPSA) is 74.7 Å². The summed E-state index contributed by atoms with van der Waals surface area (Å²) >= 11 is 0. The van der Waals surface area contributed by atoms with Crippen LogP contribution in [0, 0.1) is 0 Å². The van der Waals surface area contributed by atoms with Crippen molar-refractivity contribution in [3.8, 4) is 0 Å². The number of hydrogen-bond donors (Lipinski definition) is 1. The number of rotatable bonds is 5. The first-order valence-electron chi connectivity index (χ1n) is 7.90. The molecule has 0 radical (unpaired) electrons. The van der Waals surface area contributed by atoms with Gasteiger partial charge in [0.05, 0.1) is 10.6 Å². The first-order valence-corrected chi connectivity index (χ1v) is 9.34. The zero-order valence-corrected chi connectivity index (χ0v) is 14.0. The monoisotopic (exact) mass is 345 g/mol. The summed E-state index contributed by atoms with van der Waals surface area (Å²) in [7, 11) is -3.61. The minimum absolute atomic E-state index is 0.0333. The summed E-state index contributed by atoms with van der Waals surface area (Å²) in [6, 6.07) is 14.1. The highest BCUT2D eigenvalue weighted by atomic mass is 32.2. The molecule has 0 fully saturated rings. The third kappa shape index (κ3) is 3.28. The molecule has 1 aliphatic heterocycles. The van der Waals surface area contributed by atoms with Gasteiger partial charge in [0.1, 0.15) is 0 Å². The van der Waals surface area contributed by atoms with Gasteiger partial charge in [0.15, 0.2) is 0 Å². The highest BCUT2D eigenvalue weighted by Gasteiger charge is 2.28. The molecule has 0 amide bonds. The Morgan fingerprint density at radius 3 is 2.50 bits per heavy atom. The van der Waals surface area contributed by atoms with E-state index in [-0.39, 0.29) is 11.3 Å². The Morgan fingerprint density at radius 1 is 1.08 bits per heavy atom. The molecule has 1 heterocycles. The summed E-state index contributed by atoms with van der Waals surface area (Å²) in [6.07, 6.45) is 2.11. The molecule has 1 aliphatic rings. The number of fused-ring (bicyclic) bond motifs is 1. The van der Waals surface area contributed by atoms with Crippen LogP contribution in [0.4, 0.5) is 5.69 Å². The molecule has 126 valence electrons. The summed E-state index contributed by atoms with van der Waals surface area (Å²) in [5.41, 5.74) is 2.61. The van der Waals surface area contributed by atoms with Crippen molar-refractivity contribution in [1.29, 1.82) is 0 Å². The number of sulfonamides is 1. The highest BCUT2D eigenvalue weighted by Crippen LogP contribution is 2.31. The fourth-order valence-electron chi connectivity index (χ4n) is 2.96. The van der Waals surface area contributed by atoms with E-state index in [1.807, 2.05) is 24.3 Å². The van der Waals surface area contributed by atoms with Crippen LogP contribution in [0.2, 0.25) is 0 Å². The van der Waals surface area contributed by atoms with Crippen LogP contribution < -0.4 is 4.31 Å². The Balaban J connectivity index is 1.87. The van der Waals surface area contributed by atoms with Crippen molar-refractivity contribution in [2.75, 3.05) is 10.8 Å². The third-order valence-electron chi connectivity index (χ3n) is 4.21. The maximum absolute atomic E-state index is 13.0. The Kier molecular flexibility index (Phi) is 4.57. The summed E-state index contributed by atoms with van der Waals surface area (Å²) < 4.78 is 27.4. The van der Waals surface area contributed by atoms with E-state index in [1.54, 1.807) is 24.3 Å². The summed E-state index contributed by atoms with van der Waals surface area (Å²) in [5.74, 6) is -0.864. The molecule has 24 heavy (non-hydrogen) atoms. The number of benzene rings is 2. The number of nitrogens with zero attached hydrogens (tertiary/aromatic N) is 1. The van der Waals surface area contributed by atoms with E-state index < -0.39 is 16.0 Å². The van der Waals surface area contributed by atoms with Gasteiger partial charge < -0.3 is 5.11 Å². The number of hydrogen-bond acceptors (Lipinski definition) is 3. The molecule has 6 heteroatoms. The van der Waals surface area contributed by atoms with Crippen LogP contribution in [-0.4, -0.2) is 26.0 Å². The van der Waals surface area contributed by atoms with Gasteiger partial charge in [-0.3, -0.25) is 9.10 Å². The van der Waals surface area contributed by atoms with Gasteiger partial charge in [0.2, 0.25) is 0 Å². The third-order valence-corrected chi connectivity index (χ3v) is 6.03. The van der Waals surface area contributed by atoms with Crippen molar-refractivity contribution in [3.05, 3.63) is 59.7 Å². The van der Waals surface area contributed by atoms with Crippen LogP contribution in [0.3, 0.4) is 0 Å². The molecular weight excluding hydrogens is 326 g/mol. The van der Waals surface area contributed by atoms with E-state index in [0.29, 0.717) is 13.0 Å². The molecule has 3 rings (SSSR count). The van der Waals surface area contributed by atoms with E-state index in [4.69, 9.17) is 5.11 Å². The molecule has 2 aromatic carbocycles. The largest absolute Gasteiger partial charge is 0.481 e. The lowest BCUT2D eigenvalue weighted by Crippen LogP contribution is -2.35. The van der Waals surface area contributed by atoms with Gasteiger partial charge in [-0.05, 0) is 48.6 Å². The molecule has 0 unspecified atom stereocenters. The van der Waals surface area contributed by atoms with Gasteiger partial charge in [0, 0.05) is 13.0 Å². The Hall–Kier alpha value is -2.34. The second-order valence-corrected chi connectivity index (χ2v) is 7.71. The van der Waals surface area contributed by atoms with E-state index >= 15 is 0 Å². The van der Waals surface area contributed by atoms with E-state index in [2.05, 4.69) is 0 Å². The number of aryl methyl sites for hydroxylation is 2. The first-order chi connectivity index (χ1) is 11.5. The fraction of sp³-hybridized carbons (Fsp3) is 0.278. The Bertz CT molecular complexity index is 844. The van der Waals surface area contributed by atoms with Crippen molar-refractivity contribution in [2.45, 2.75) is 30.6 Å². The molecule has 0 aliphatic carbocycles. The maximum atomic E-state index is 13.0. The minimum Gasteiger partial charge on any atom is -0.481 e. The van der Waals surface area contributed by atoms with Gasteiger partial charge in [-0.25, -0.2) is 8.42 Å². The van der Waals surface area contributed by atoms with E-state index in [9.17, 15) is 13.2 Å². The number of carboxylic acid groups (broad SMARTS) is 1. The molecule has 0 atom stereocenters. The smallest absolute Gasteiger partial charge is 0.303 e. The predicted molar refractivity (Wildman–Crippen MR) is 91.7 cm³/mol. The zero-order chi connectivity index (χ0) is 17.2. The standard InChI is InChI=1S/C18H19NO4S/c20-18(21)12-9-14-7-10-16(11-8-14)24(22,23)19-13-3-5-15-4-1-2-6-17(15)19/h1-2,4,6-8,10-11H,3,5,9,12-13H2,(H,20,21). The highest BCUT2D eigenvalue weighted by molar-refractivity contribution is 7.92. The van der Waals surface area contributed by atoms with E-state index in [1.165, 1.54) is 4.31 Å². The lowest BCUT2D eigenvalue weighted by atomic mass is 10.0. The first kappa shape index (κ1) is 16.5. The van der Waals surface area contributed by atoms with Crippen molar-refractivity contribution in [3.63, 3.8) is 0 Å². The summed E-state index contributed by atoms with van der Waals surface area (Å²) in [6.45, 7) is 0.472. The molecule has 2 aromatic rings. The van der Waals surface area contributed by atoms with Crippen LogP contribution in [0.5, 0.6) is 0 Å². The van der Waals surface area contributed by atoms with Crippen LogP contribution >= 0.6 is 0 Å². The van der Waals surface area contributed by atoms with Gasteiger partial charge >= 0.3 is 5.97 Å². The Morgan fingerprint density at radius 2 is 1.79 bits per heavy atom. The lowest BCUT2D eigenvalue weighted by Gasteiger charge is -2.30. The van der Waals surface area contributed by atoms with Gasteiger partial charge in [-0.15, -0.1) is 0 Å². The van der Waals surface area contributed by atoms with Crippen LogP contribution in [0.15, 0.2) is 53.4 Å². The maximum Gasteiger partial charge on any atom is 0.303 e. The minimum atomic E-state index is -3.61. The predicted octanol–water partition coefficient (Wildman–Crippen LogP) is 2.85. The second-order valence-electron chi connectivity index (χ2n) is 5.85. The summed E-state index contributed by atoms with van der Waals surface area (Å²) in [5, 5.41) is 8.72. The van der Waals surface area contributed by atoms with Crippen molar-refractivity contribution >= 4 is 21.7 Å². The van der Waals surface area contributed by atoms with Crippen molar-refractivity contribution in [2.24, 2.45) is 0 Å². The molecular formula is C18H19NO4S. The molecule has 1 N–H and O–H groups in total. The fourth-order valence-corrected chi connectivity index (χ4v) is 4.50. The average Bonchev–Trinajstić information content (AvgIpc) is 2.59. The second kappa shape index (κ2) is 6.65. The quantitative estimate of drug-likeness (QED) is 0.904. The lowest BCUT2D eigenvalue weighted by molar-refractivity contribution is -0.136. The molecule has 0 spiro atoms. The van der Waals surface area contributed by atoms with Crippen molar-refractivity contribution in [1.82, 2.24) is 0 Å². The van der Waals surface area contributed by atoms with Crippen molar-refractivity contribution < 1.29 is 18.3 Å². The van der Waals surface area contributed by atoms with Crippen LogP contribution in [0.25, 0.3) is 0 Å².